The summed E-state index contributed by atoms with van der Waals surface area (Å²) in [5.74, 6) is 0.310. The summed E-state index contributed by atoms with van der Waals surface area (Å²) in [6.45, 7) is 5.17. The molecular weight excluding hydrogens is 256 g/mol. The van der Waals surface area contributed by atoms with Crippen molar-refractivity contribution in [1.82, 2.24) is 4.90 Å². The van der Waals surface area contributed by atoms with E-state index in [1.165, 1.54) is 7.11 Å². The highest BCUT2D eigenvalue weighted by Gasteiger charge is 2.42. The summed E-state index contributed by atoms with van der Waals surface area (Å²) >= 11 is 0. The molecule has 0 bridgehead atoms. The number of nitrogens with zero attached hydrogens (tertiary/aromatic N) is 1. The number of hydrogen-bond donors (Lipinski definition) is 1. The topological polar surface area (TPSA) is 72.6 Å². The van der Waals surface area contributed by atoms with Gasteiger partial charge in [-0.25, -0.2) is 0 Å². The first-order valence-corrected chi connectivity index (χ1v) is 7.55. The van der Waals surface area contributed by atoms with E-state index in [0.29, 0.717) is 19.0 Å². The van der Waals surface area contributed by atoms with Crippen LogP contribution >= 0.6 is 0 Å². The molecule has 5 nitrogen and oxygen atoms in total. The second kappa shape index (κ2) is 7.62. The number of esters is 1. The van der Waals surface area contributed by atoms with Gasteiger partial charge in [-0.05, 0) is 38.0 Å². The Morgan fingerprint density at radius 1 is 1.35 bits per heavy atom. The van der Waals surface area contributed by atoms with Crippen molar-refractivity contribution in [2.24, 2.45) is 17.1 Å². The fourth-order valence-electron chi connectivity index (χ4n) is 2.90. The summed E-state index contributed by atoms with van der Waals surface area (Å²) in [4.78, 5) is 25.9. The van der Waals surface area contributed by atoms with Gasteiger partial charge in [0.15, 0.2) is 0 Å². The first kappa shape index (κ1) is 17.0. The normalized spacial score (nSPS) is 26.1. The number of carbonyl (C=O) groups excluding carboxylic acids is 2. The van der Waals surface area contributed by atoms with Crippen LogP contribution in [0, 0.1) is 11.3 Å². The summed E-state index contributed by atoms with van der Waals surface area (Å²) in [6, 6.07) is 0. The number of amides is 1. The number of nitrogens with two attached hydrogens (primary N) is 1. The first-order valence-electron chi connectivity index (χ1n) is 7.55. The van der Waals surface area contributed by atoms with Gasteiger partial charge in [-0.1, -0.05) is 13.8 Å². The maximum absolute atomic E-state index is 12.8. The number of rotatable bonds is 6. The molecule has 0 aromatic carbocycles. The molecule has 1 aliphatic rings. The van der Waals surface area contributed by atoms with Crippen molar-refractivity contribution in [2.75, 3.05) is 26.7 Å². The summed E-state index contributed by atoms with van der Waals surface area (Å²) in [5, 5.41) is 0. The summed E-state index contributed by atoms with van der Waals surface area (Å²) in [6.07, 6.45) is 4.53. The smallest absolute Gasteiger partial charge is 0.325 e. The SMILES string of the molecule is CCCN(CC(=O)OC)C(=O)C1(CN)CCC(C)CC1. The minimum absolute atomic E-state index is 0.0270. The Hall–Kier alpha value is -1.10. The van der Waals surface area contributed by atoms with Crippen molar-refractivity contribution in [3.8, 4) is 0 Å². The quantitative estimate of drug-likeness (QED) is 0.751. The van der Waals surface area contributed by atoms with Crippen LogP contribution in [0.15, 0.2) is 0 Å². The Bertz CT molecular complexity index is 336. The molecule has 1 amide bonds. The van der Waals surface area contributed by atoms with Crippen molar-refractivity contribution >= 4 is 11.9 Å². The highest BCUT2D eigenvalue weighted by molar-refractivity contribution is 5.86. The zero-order valence-electron chi connectivity index (χ0n) is 13.0. The van der Waals surface area contributed by atoms with Crippen LogP contribution in [0.25, 0.3) is 0 Å². The third-order valence-corrected chi connectivity index (χ3v) is 4.40. The van der Waals surface area contributed by atoms with E-state index in [1.54, 1.807) is 4.90 Å². The fourth-order valence-corrected chi connectivity index (χ4v) is 2.90. The molecule has 0 atom stereocenters. The molecule has 0 aliphatic heterocycles. The molecule has 116 valence electrons. The predicted molar refractivity (Wildman–Crippen MR) is 78.0 cm³/mol. The van der Waals surface area contributed by atoms with Gasteiger partial charge in [-0.2, -0.15) is 0 Å². The number of methoxy groups -OCH3 is 1. The van der Waals surface area contributed by atoms with Crippen molar-refractivity contribution in [2.45, 2.75) is 46.0 Å². The lowest BCUT2D eigenvalue weighted by Gasteiger charge is -2.40. The second-order valence-corrected chi connectivity index (χ2v) is 5.97. The molecular formula is C15H28N2O3. The van der Waals surface area contributed by atoms with Crippen LogP contribution in [-0.4, -0.2) is 43.5 Å². The van der Waals surface area contributed by atoms with E-state index in [0.717, 1.165) is 32.1 Å². The van der Waals surface area contributed by atoms with E-state index in [1.807, 2.05) is 6.92 Å². The first-order chi connectivity index (χ1) is 9.49. The summed E-state index contributed by atoms with van der Waals surface area (Å²) in [5.41, 5.74) is 5.44. The van der Waals surface area contributed by atoms with Gasteiger partial charge in [0.25, 0.3) is 0 Å². The molecule has 1 aliphatic carbocycles. The molecule has 0 radical (unpaired) electrons. The molecule has 0 heterocycles. The maximum Gasteiger partial charge on any atom is 0.325 e. The van der Waals surface area contributed by atoms with Gasteiger partial charge >= 0.3 is 5.97 Å². The van der Waals surface area contributed by atoms with Gasteiger partial charge in [-0.3, -0.25) is 9.59 Å². The molecule has 0 unspecified atom stereocenters. The van der Waals surface area contributed by atoms with Gasteiger partial charge in [-0.15, -0.1) is 0 Å². The summed E-state index contributed by atoms with van der Waals surface area (Å²) < 4.78 is 4.68. The highest BCUT2D eigenvalue weighted by atomic mass is 16.5. The van der Waals surface area contributed by atoms with Gasteiger partial charge in [0.05, 0.1) is 12.5 Å². The van der Waals surface area contributed by atoms with Crippen LogP contribution < -0.4 is 5.73 Å². The van der Waals surface area contributed by atoms with Crippen molar-refractivity contribution in [3.63, 3.8) is 0 Å². The molecule has 0 aromatic rings. The van der Waals surface area contributed by atoms with E-state index >= 15 is 0 Å². The summed E-state index contributed by atoms with van der Waals surface area (Å²) in [7, 11) is 1.35. The molecule has 5 heteroatoms. The molecule has 0 aromatic heterocycles. The largest absolute Gasteiger partial charge is 0.468 e. The Labute approximate surface area is 121 Å². The van der Waals surface area contributed by atoms with Gasteiger partial charge in [0.1, 0.15) is 6.54 Å². The van der Waals surface area contributed by atoms with Gasteiger partial charge in [0, 0.05) is 13.1 Å². The van der Waals surface area contributed by atoms with E-state index in [9.17, 15) is 9.59 Å². The Balaban J connectivity index is 2.82. The second-order valence-electron chi connectivity index (χ2n) is 5.97. The zero-order valence-corrected chi connectivity index (χ0v) is 13.0. The Morgan fingerprint density at radius 3 is 2.40 bits per heavy atom. The zero-order chi connectivity index (χ0) is 15.2. The molecule has 2 N–H and O–H groups in total. The van der Waals surface area contributed by atoms with Crippen molar-refractivity contribution in [3.05, 3.63) is 0 Å². The number of hydrogen-bond acceptors (Lipinski definition) is 4. The maximum atomic E-state index is 12.8. The molecule has 20 heavy (non-hydrogen) atoms. The van der Waals surface area contributed by atoms with Gasteiger partial charge in [0.2, 0.25) is 5.91 Å². The third kappa shape index (κ3) is 3.95. The monoisotopic (exact) mass is 284 g/mol. The molecule has 0 saturated heterocycles. The van der Waals surface area contributed by atoms with E-state index in [-0.39, 0.29) is 18.4 Å². The van der Waals surface area contributed by atoms with Gasteiger partial charge < -0.3 is 15.4 Å². The van der Waals surface area contributed by atoms with Crippen LogP contribution in [0.3, 0.4) is 0 Å². The fraction of sp³-hybridized carbons (Fsp3) is 0.867. The Kier molecular flexibility index (Phi) is 6.46. The van der Waals surface area contributed by atoms with E-state index < -0.39 is 5.41 Å². The van der Waals surface area contributed by atoms with Crippen LogP contribution in [-0.2, 0) is 14.3 Å². The van der Waals surface area contributed by atoms with Crippen LogP contribution in [0.2, 0.25) is 0 Å². The van der Waals surface area contributed by atoms with Crippen molar-refractivity contribution in [1.29, 1.82) is 0 Å². The van der Waals surface area contributed by atoms with Crippen LogP contribution in [0.5, 0.6) is 0 Å². The lowest BCUT2D eigenvalue weighted by Crippen LogP contribution is -2.51. The number of ether oxygens (including phenoxy) is 1. The average Bonchev–Trinajstić information content (AvgIpc) is 2.47. The van der Waals surface area contributed by atoms with Crippen LogP contribution in [0.4, 0.5) is 0 Å². The lowest BCUT2D eigenvalue weighted by atomic mass is 9.70. The Morgan fingerprint density at radius 2 is 1.95 bits per heavy atom. The molecule has 1 rings (SSSR count). The minimum Gasteiger partial charge on any atom is -0.468 e. The lowest BCUT2D eigenvalue weighted by molar-refractivity contribution is -0.152. The standard InChI is InChI=1S/C15H28N2O3/c1-4-9-17(10-13(18)20-3)14(19)15(11-16)7-5-12(2)6-8-15/h12H,4-11,16H2,1-3H3. The van der Waals surface area contributed by atoms with E-state index in [4.69, 9.17) is 5.73 Å². The number of carbonyl (C=O) groups is 2. The third-order valence-electron chi connectivity index (χ3n) is 4.40. The predicted octanol–water partition coefficient (Wildman–Crippen LogP) is 1.55. The van der Waals surface area contributed by atoms with Crippen LogP contribution in [0.1, 0.15) is 46.0 Å². The molecule has 1 saturated carbocycles. The average molecular weight is 284 g/mol. The van der Waals surface area contributed by atoms with E-state index in [2.05, 4.69) is 11.7 Å². The minimum atomic E-state index is -0.476. The van der Waals surface area contributed by atoms with Crippen molar-refractivity contribution < 1.29 is 14.3 Å². The molecule has 1 fully saturated rings. The molecule has 0 spiro atoms. The highest BCUT2D eigenvalue weighted by Crippen LogP contribution is 2.39.